The van der Waals surface area contributed by atoms with Crippen molar-refractivity contribution in [1.29, 1.82) is 0 Å². The van der Waals surface area contributed by atoms with Crippen molar-refractivity contribution >= 4 is 0 Å². The molecule has 0 aliphatic heterocycles. The summed E-state index contributed by atoms with van der Waals surface area (Å²) in [6, 6.07) is 2.37. The predicted octanol–water partition coefficient (Wildman–Crippen LogP) is 1.94. The summed E-state index contributed by atoms with van der Waals surface area (Å²) in [5, 5.41) is 11.2. The molecule has 0 aliphatic rings. The molecule has 0 saturated heterocycles. The standard InChI is InChI=1S/C12H16N4O/c1-8(2)14-7-11-15-16-12(17-11)10-4-9(3)5-13-6-10/h4-6,8,14H,7H2,1-3H3. The molecule has 0 fully saturated rings. The Morgan fingerprint density at radius 2 is 2.12 bits per heavy atom. The van der Waals surface area contributed by atoms with Crippen LogP contribution in [0.1, 0.15) is 25.3 Å². The lowest BCUT2D eigenvalue weighted by Gasteiger charge is -2.03. The Labute approximate surface area is 100 Å². The maximum Gasteiger partial charge on any atom is 0.249 e. The van der Waals surface area contributed by atoms with Crippen LogP contribution in [-0.4, -0.2) is 21.2 Å². The van der Waals surface area contributed by atoms with Gasteiger partial charge in [-0.15, -0.1) is 10.2 Å². The molecule has 2 heterocycles. The van der Waals surface area contributed by atoms with Crippen molar-refractivity contribution in [2.24, 2.45) is 0 Å². The van der Waals surface area contributed by atoms with Crippen LogP contribution in [0.5, 0.6) is 0 Å². The molecule has 2 aromatic heterocycles. The van der Waals surface area contributed by atoms with Crippen LogP contribution in [0.3, 0.4) is 0 Å². The first kappa shape index (κ1) is 11.7. The molecule has 90 valence electrons. The van der Waals surface area contributed by atoms with Crippen LogP contribution in [0.2, 0.25) is 0 Å². The molecule has 0 aliphatic carbocycles. The molecule has 5 heteroatoms. The van der Waals surface area contributed by atoms with Gasteiger partial charge >= 0.3 is 0 Å². The Kier molecular flexibility index (Phi) is 3.49. The minimum absolute atomic E-state index is 0.394. The molecule has 0 amide bonds. The number of nitrogens with one attached hydrogen (secondary N) is 1. The van der Waals surface area contributed by atoms with Gasteiger partial charge in [-0.1, -0.05) is 13.8 Å². The number of aromatic nitrogens is 3. The monoisotopic (exact) mass is 232 g/mol. The van der Waals surface area contributed by atoms with Crippen LogP contribution in [0.15, 0.2) is 22.9 Å². The van der Waals surface area contributed by atoms with E-state index in [0.29, 0.717) is 24.4 Å². The van der Waals surface area contributed by atoms with E-state index in [1.165, 1.54) is 0 Å². The third-order valence-electron chi connectivity index (χ3n) is 2.25. The zero-order valence-electron chi connectivity index (χ0n) is 10.3. The van der Waals surface area contributed by atoms with Crippen molar-refractivity contribution in [2.75, 3.05) is 0 Å². The van der Waals surface area contributed by atoms with Crippen molar-refractivity contribution < 1.29 is 4.42 Å². The molecule has 2 rings (SSSR count). The van der Waals surface area contributed by atoms with Gasteiger partial charge in [0.05, 0.1) is 12.1 Å². The molecule has 0 bridgehead atoms. The minimum Gasteiger partial charge on any atom is -0.419 e. The zero-order chi connectivity index (χ0) is 12.3. The molecular formula is C12H16N4O. The fraction of sp³-hybridized carbons (Fsp3) is 0.417. The second-order valence-corrected chi connectivity index (χ2v) is 4.29. The van der Waals surface area contributed by atoms with Gasteiger partial charge < -0.3 is 9.73 Å². The van der Waals surface area contributed by atoms with Crippen LogP contribution >= 0.6 is 0 Å². The number of hydrogen-bond donors (Lipinski definition) is 1. The van der Waals surface area contributed by atoms with Crippen molar-refractivity contribution in [2.45, 2.75) is 33.4 Å². The number of rotatable bonds is 4. The molecule has 0 saturated carbocycles. The number of aryl methyl sites for hydroxylation is 1. The molecule has 0 atom stereocenters. The molecule has 5 nitrogen and oxygen atoms in total. The second-order valence-electron chi connectivity index (χ2n) is 4.29. The topological polar surface area (TPSA) is 63.8 Å². The van der Waals surface area contributed by atoms with Gasteiger partial charge in [-0.2, -0.15) is 0 Å². The van der Waals surface area contributed by atoms with Gasteiger partial charge in [0, 0.05) is 18.4 Å². The van der Waals surface area contributed by atoms with E-state index in [1.54, 1.807) is 12.4 Å². The van der Waals surface area contributed by atoms with Crippen LogP contribution in [0.25, 0.3) is 11.5 Å². The van der Waals surface area contributed by atoms with Crippen molar-refractivity contribution in [3.05, 3.63) is 29.9 Å². The Balaban J connectivity index is 2.12. The summed E-state index contributed by atoms with van der Waals surface area (Å²) in [5.41, 5.74) is 1.93. The van der Waals surface area contributed by atoms with E-state index < -0.39 is 0 Å². The maximum absolute atomic E-state index is 5.55. The molecule has 0 unspecified atom stereocenters. The summed E-state index contributed by atoms with van der Waals surface area (Å²) in [5.74, 6) is 1.11. The van der Waals surface area contributed by atoms with E-state index in [1.807, 2.05) is 13.0 Å². The largest absolute Gasteiger partial charge is 0.419 e. The first-order valence-corrected chi connectivity index (χ1v) is 5.63. The third-order valence-corrected chi connectivity index (χ3v) is 2.25. The van der Waals surface area contributed by atoms with Gasteiger partial charge in [0.2, 0.25) is 11.8 Å². The van der Waals surface area contributed by atoms with E-state index in [-0.39, 0.29) is 0 Å². The summed E-state index contributed by atoms with van der Waals surface area (Å²) in [4.78, 5) is 4.10. The highest BCUT2D eigenvalue weighted by molar-refractivity contribution is 5.51. The van der Waals surface area contributed by atoms with Gasteiger partial charge in [-0.3, -0.25) is 4.98 Å². The second kappa shape index (κ2) is 5.05. The highest BCUT2D eigenvalue weighted by atomic mass is 16.4. The van der Waals surface area contributed by atoms with Crippen LogP contribution < -0.4 is 5.32 Å². The molecule has 0 aromatic carbocycles. The Bertz CT molecular complexity index is 493. The van der Waals surface area contributed by atoms with Crippen molar-refractivity contribution in [3.63, 3.8) is 0 Å². The van der Waals surface area contributed by atoms with E-state index in [2.05, 4.69) is 34.3 Å². The van der Waals surface area contributed by atoms with E-state index in [0.717, 1.165) is 11.1 Å². The average Bonchev–Trinajstić information content (AvgIpc) is 2.75. The highest BCUT2D eigenvalue weighted by Gasteiger charge is 2.08. The van der Waals surface area contributed by atoms with Gasteiger partial charge in [-0.05, 0) is 18.6 Å². The van der Waals surface area contributed by atoms with Crippen LogP contribution in [0.4, 0.5) is 0 Å². The lowest BCUT2D eigenvalue weighted by atomic mass is 10.2. The van der Waals surface area contributed by atoms with Gasteiger partial charge in [-0.25, -0.2) is 0 Å². The Morgan fingerprint density at radius 3 is 2.82 bits per heavy atom. The smallest absolute Gasteiger partial charge is 0.249 e. The minimum atomic E-state index is 0.394. The fourth-order valence-corrected chi connectivity index (χ4v) is 1.41. The van der Waals surface area contributed by atoms with Crippen molar-refractivity contribution in [3.8, 4) is 11.5 Å². The van der Waals surface area contributed by atoms with Gasteiger partial charge in [0.25, 0.3) is 0 Å². The average molecular weight is 232 g/mol. The molecule has 0 spiro atoms. The number of hydrogen-bond acceptors (Lipinski definition) is 5. The lowest BCUT2D eigenvalue weighted by molar-refractivity contribution is 0.458. The van der Waals surface area contributed by atoms with E-state index >= 15 is 0 Å². The van der Waals surface area contributed by atoms with E-state index in [9.17, 15) is 0 Å². The summed E-state index contributed by atoms with van der Waals surface area (Å²) < 4.78 is 5.55. The van der Waals surface area contributed by atoms with Crippen molar-refractivity contribution in [1.82, 2.24) is 20.5 Å². The summed E-state index contributed by atoms with van der Waals surface area (Å²) >= 11 is 0. The highest BCUT2D eigenvalue weighted by Crippen LogP contribution is 2.17. The maximum atomic E-state index is 5.55. The predicted molar refractivity (Wildman–Crippen MR) is 64.2 cm³/mol. The number of nitrogens with zero attached hydrogens (tertiary/aromatic N) is 3. The molecular weight excluding hydrogens is 216 g/mol. The first-order valence-electron chi connectivity index (χ1n) is 5.63. The molecule has 0 radical (unpaired) electrons. The van der Waals surface area contributed by atoms with Gasteiger partial charge in [0.1, 0.15) is 0 Å². The quantitative estimate of drug-likeness (QED) is 0.872. The molecule has 2 aromatic rings. The molecule has 1 N–H and O–H groups in total. The fourth-order valence-electron chi connectivity index (χ4n) is 1.41. The summed E-state index contributed by atoms with van der Waals surface area (Å²) in [7, 11) is 0. The van der Waals surface area contributed by atoms with Crippen LogP contribution in [-0.2, 0) is 6.54 Å². The molecule has 17 heavy (non-hydrogen) atoms. The summed E-state index contributed by atoms with van der Waals surface area (Å²) in [6.45, 7) is 6.71. The Hall–Kier alpha value is -1.75. The van der Waals surface area contributed by atoms with E-state index in [4.69, 9.17) is 4.42 Å². The SMILES string of the molecule is Cc1cncc(-c2nnc(CNC(C)C)o2)c1. The first-order chi connectivity index (χ1) is 8.15. The number of pyridine rings is 1. The normalized spacial score (nSPS) is 11.1. The lowest BCUT2D eigenvalue weighted by Crippen LogP contribution is -2.21. The Morgan fingerprint density at radius 1 is 1.29 bits per heavy atom. The van der Waals surface area contributed by atoms with Gasteiger partial charge in [0.15, 0.2) is 0 Å². The zero-order valence-corrected chi connectivity index (χ0v) is 10.3. The summed E-state index contributed by atoms with van der Waals surface area (Å²) in [6.07, 6.45) is 3.52. The third kappa shape index (κ3) is 3.10. The van der Waals surface area contributed by atoms with Crippen LogP contribution in [0, 0.1) is 6.92 Å².